The molecule has 0 aliphatic carbocycles. The molecule has 0 amide bonds. The fraction of sp³-hybridized carbons (Fsp3) is 0.400. The molecule has 0 spiro atoms. The van der Waals surface area contributed by atoms with Gasteiger partial charge < -0.3 is 44.8 Å². The van der Waals surface area contributed by atoms with Gasteiger partial charge in [0.05, 0.1) is 27.4 Å². The first-order valence-corrected chi connectivity index (χ1v) is 8.83. The highest BCUT2D eigenvalue weighted by Crippen LogP contribution is 2.35. The molecule has 0 bridgehead atoms. The van der Waals surface area contributed by atoms with Crippen LogP contribution in [0.25, 0.3) is 0 Å². The number of aliphatic hydroxyl groups is 5. The van der Waals surface area contributed by atoms with Crippen molar-refractivity contribution in [1.82, 2.24) is 0 Å². The number of hydrogen-bond donors (Lipinski definition) is 6. The van der Waals surface area contributed by atoms with Crippen LogP contribution in [0.4, 0.5) is 0 Å². The fourth-order valence-corrected chi connectivity index (χ4v) is 2.74. The first-order chi connectivity index (χ1) is 13.9. The minimum absolute atomic E-state index is 0.0919. The van der Waals surface area contributed by atoms with Crippen molar-refractivity contribution in [3.8, 4) is 23.0 Å². The molecule has 160 valence electrons. The van der Waals surface area contributed by atoms with Crippen molar-refractivity contribution in [2.45, 2.75) is 24.4 Å². The van der Waals surface area contributed by atoms with Crippen LogP contribution >= 0.6 is 0 Å². The predicted octanol–water partition coefficient (Wildman–Crippen LogP) is 0.269. The van der Waals surface area contributed by atoms with Gasteiger partial charge in [0, 0.05) is 0 Å². The topological polar surface area (TPSA) is 149 Å². The Morgan fingerprint density at radius 3 is 1.93 bits per heavy atom. The maximum absolute atomic E-state index is 10.6. The van der Waals surface area contributed by atoms with E-state index < -0.39 is 37.6 Å². The van der Waals surface area contributed by atoms with Crippen molar-refractivity contribution in [3.63, 3.8) is 0 Å². The second kappa shape index (κ2) is 10.3. The van der Waals surface area contributed by atoms with Crippen LogP contribution in [0.15, 0.2) is 36.4 Å². The molecule has 0 saturated carbocycles. The second-order valence-corrected chi connectivity index (χ2v) is 6.32. The second-order valence-electron chi connectivity index (χ2n) is 6.32. The Bertz CT molecular complexity index is 796. The molecule has 0 saturated heterocycles. The molecule has 2 rings (SSSR count). The van der Waals surface area contributed by atoms with Crippen molar-refractivity contribution in [2.75, 3.05) is 27.4 Å². The normalized spacial score (nSPS) is 15.3. The van der Waals surface area contributed by atoms with Gasteiger partial charge in [-0.15, -0.1) is 0 Å². The number of aromatic hydroxyl groups is 1. The van der Waals surface area contributed by atoms with E-state index in [4.69, 9.17) is 19.3 Å². The van der Waals surface area contributed by atoms with E-state index in [1.165, 1.54) is 50.6 Å². The third kappa shape index (κ3) is 5.28. The first kappa shape index (κ1) is 22.7. The van der Waals surface area contributed by atoms with Crippen LogP contribution < -0.4 is 14.2 Å². The third-order valence-corrected chi connectivity index (χ3v) is 4.44. The Morgan fingerprint density at radius 1 is 0.759 bits per heavy atom. The van der Waals surface area contributed by atoms with E-state index in [9.17, 15) is 25.5 Å². The van der Waals surface area contributed by atoms with Crippen molar-refractivity contribution >= 4 is 0 Å². The number of rotatable bonds is 10. The summed E-state index contributed by atoms with van der Waals surface area (Å²) < 4.78 is 16.0. The molecule has 29 heavy (non-hydrogen) atoms. The lowest BCUT2D eigenvalue weighted by Crippen LogP contribution is -2.29. The first-order valence-electron chi connectivity index (χ1n) is 8.83. The average Bonchev–Trinajstić information content (AvgIpc) is 2.76. The molecule has 0 aliphatic rings. The number of methoxy groups -OCH3 is 2. The smallest absolute Gasteiger partial charge is 0.161 e. The largest absolute Gasteiger partial charge is 0.504 e. The van der Waals surface area contributed by atoms with Crippen LogP contribution in [0.5, 0.6) is 23.0 Å². The molecule has 0 unspecified atom stereocenters. The number of phenols is 1. The predicted molar refractivity (Wildman–Crippen MR) is 102 cm³/mol. The van der Waals surface area contributed by atoms with Gasteiger partial charge in [0.1, 0.15) is 18.3 Å². The van der Waals surface area contributed by atoms with Gasteiger partial charge in [-0.05, 0) is 35.4 Å². The molecule has 9 nitrogen and oxygen atoms in total. The van der Waals surface area contributed by atoms with E-state index in [0.717, 1.165) is 0 Å². The molecule has 2 aromatic carbocycles. The van der Waals surface area contributed by atoms with Gasteiger partial charge in [0.2, 0.25) is 0 Å². The van der Waals surface area contributed by atoms with Crippen LogP contribution in [-0.4, -0.2) is 70.3 Å². The van der Waals surface area contributed by atoms with Crippen molar-refractivity contribution in [1.29, 1.82) is 0 Å². The minimum Gasteiger partial charge on any atom is -0.504 e. The zero-order valence-corrected chi connectivity index (χ0v) is 16.1. The van der Waals surface area contributed by atoms with Gasteiger partial charge in [-0.1, -0.05) is 12.1 Å². The van der Waals surface area contributed by atoms with Crippen LogP contribution in [0.2, 0.25) is 0 Å². The van der Waals surface area contributed by atoms with Crippen LogP contribution in [0.3, 0.4) is 0 Å². The number of aliphatic hydroxyl groups excluding tert-OH is 5. The monoisotopic (exact) mass is 410 g/mol. The van der Waals surface area contributed by atoms with Gasteiger partial charge in [0.25, 0.3) is 0 Å². The Kier molecular flexibility index (Phi) is 8.06. The lowest BCUT2D eigenvalue weighted by molar-refractivity contribution is -0.0156. The van der Waals surface area contributed by atoms with E-state index in [-0.39, 0.29) is 23.0 Å². The molecule has 0 aromatic heterocycles. The molecule has 0 radical (unpaired) electrons. The lowest BCUT2D eigenvalue weighted by Gasteiger charge is -2.25. The molecule has 0 aliphatic heterocycles. The van der Waals surface area contributed by atoms with Crippen LogP contribution in [0.1, 0.15) is 23.3 Å². The van der Waals surface area contributed by atoms with Crippen molar-refractivity contribution < 1.29 is 44.8 Å². The van der Waals surface area contributed by atoms with E-state index in [1.54, 1.807) is 0 Å². The molecule has 6 N–H and O–H groups in total. The third-order valence-electron chi connectivity index (χ3n) is 4.44. The van der Waals surface area contributed by atoms with E-state index in [0.29, 0.717) is 11.1 Å². The highest BCUT2D eigenvalue weighted by molar-refractivity contribution is 5.45. The summed E-state index contributed by atoms with van der Waals surface area (Å²) in [4.78, 5) is 0. The minimum atomic E-state index is -1.36. The van der Waals surface area contributed by atoms with Crippen LogP contribution in [0, 0.1) is 0 Å². The molecule has 4 atom stereocenters. The molecular weight excluding hydrogens is 384 g/mol. The quantitative estimate of drug-likeness (QED) is 0.324. The van der Waals surface area contributed by atoms with Gasteiger partial charge >= 0.3 is 0 Å². The Labute approximate surface area is 168 Å². The highest BCUT2D eigenvalue weighted by atomic mass is 16.5. The van der Waals surface area contributed by atoms with E-state index >= 15 is 0 Å². The van der Waals surface area contributed by atoms with Crippen molar-refractivity contribution in [2.24, 2.45) is 0 Å². The summed E-state index contributed by atoms with van der Waals surface area (Å²) in [5.74, 6) is 0.453. The molecule has 0 heterocycles. The van der Waals surface area contributed by atoms with Gasteiger partial charge in [-0.25, -0.2) is 0 Å². The molecular formula is C20H26O9. The average molecular weight is 410 g/mol. The summed E-state index contributed by atoms with van der Waals surface area (Å²) in [5, 5.41) is 58.6. The number of phenolic OH excluding ortho intramolecular Hbond substituents is 1. The molecule has 0 fully saturated rings. The van der Waals surface area contributed by atoms with Gasteiger partial charge in [0.15, 0.2) is 29.1 Å². The summed E-state index contributed by atoms with van der Waals surface area (Å²) in [5.41, 5.74) is 0.649. The number of ether oxygens (including phenoxy) is 3. The van der Waals surface area contributed by atoms with E-state index in [1.807, 2.05) is 0 Å². The maximum Gasteiger partial charge on any atom is 0.161 e. The summed E-state index contributed by atoms with van der Waals surface area (Å²) in [6.45, 7) is -1.14. The standard InChI is InChI=1S/C20H26O9/c1-27-16-7-12(3-5-13(16)23)20(26)18(10-22)29-15-6-4-11(8-17(15)28-2)19(25)14(24)9-21/h3-8,14,18-26H,9-10H2,1-2H3/t14-,18-,19-,20-/m0/s1. The zero-order chi connectivity index (χ0) is 21.6. The molecule has 9 heteroatoms. The van der Waals surface area contributed by atoms with Crippen molar-refractivity contribution in [3.05, 3.63) is 47.5 Å². The van der Waals surface area contributed by atoms with E-state index in [2.05, 4.69) is 0 Å². The fourth-order valence-electron chi connectivity index (χ4n) is 2.74. The SMILES string of the molecule is COc1cc([C@H](O)[C@H](CO)Oc2ccc([C@H](O)[C@@H](O)CO)cc2OC)ccc1O. The highest BCUT2D eigenvalue weighted by Gasteiger charge is 2.25. The Hall–Kier alpha value is -2.56. The summed E-state index contributed by atoms with van der Waals surface area (Å²) in [7, 11) is 2.75. The molecule has 2 aromatic rings. The summed E-state index contributed by atoms with van der Waals surface area (Å²) in [6, 6.07) is 8.60. The number of hydrogen-bond acceptors (Lipinski definition) is 9. The summed E-state index contributed by atoms with van der Waals surface area (Å²) in [6.07, 6.45) is -5.01. The van der Waals surface area contributed by atoms with Gasteiger partial charge in [-0.2, -0.15) is 0 Å². The Balaban J connectivity index is 2.25. The summed E-state index contributed by atoms with van der Waals surface area (Å²) >= 11 is 0. The lowest BCUT2D eigenvalue weighted by atomic mass is 10.0. The van der Waals surface area contributed by atoms with Crippen LogP contribution in [-0.2, 0) is 0 Å². The zero-order valence-electron chi connectivity index (χ0n) is 16.1. The van der Waals surface area contributed by atoms with Gasteiger partial charge in [-0.3, -0.25) is 0 Å². The Morgan fingerprint density at radius 2 is 1.34 bits per heavy atom. The maximum atomic E-state index is 10.6. The number of benzene rings is 2.